The van der Waals surface area contributed by atoms with Crippen molar-refractivity contribution in [1.82, 2.24) is 10.6 Å². The molecule has 90 valence electrons. The van der Waals surface area contributed by atoms with Crippen LogP contribution in [-0.2, 0) is 4.79 Å². The number of aliphatic hydroxyl groups is 1. The van der Waals surface area contributed by atoms with E-state index in [1.165, 1.54) is 0 Å². The van der Waals surface area contributed by atoms with Crippen LogP contribution in [0.25, 0.3) is 0 Å². The number of nitrogens with one attached hydrogen (secondary N) is 2. The van der Waals surface area contributed by atoms with E-state index in [4.69, 9.17) is 5.11 Å². The van der Waals surface area contributed by atoms with Gasteiger partial charge in [0.2, 0.25) is 5.91 Å². The fourth-order valence-corrected chi connectivity index (χ4v) is 1.19. The van der Waals surface area contributed by atoms with Crippen LogP contribution in [0.15, 0.2) is 0 Å². The molecule has 4 nitrogen and oxygen atoms in total. The maximum absolute atomic E-state index is 11.3. The molecule has 0 fully saturated rings. The summed E-state index contributed by atoms with van der Waals surface area (Å²) >= 11 is 0. The standard InChI is InChI=1S/C11H24N2O2/c1-9(14)6-5-7-12-8-10(15)13-11(2,3)4/h9,12,14H,5-8H2,1-4H3,(H,13,15). The number of hydrogen-bond donors (Lipinski definition) is 3. The summed E-state index contributed by atoms with van der Waals surface area (Å²) in [6, 6.07) is 0. The highest BCUT2D eigenvalue weighted by molar-refractivity contribution is 5.78. The Morgan fingerprint density at radius 3 is 2.47 bits per heavy atom. The topological polar surface area (TPSA) is 61.4 Å². The van der Waals surface area contributed by atoms with Gasteiger partial charge in [-0.15, -0.1) is 0 Å². The third-order valence-corrected chi connectivity index (χ3v) is 1.78. The largest absolute Gasteiger partial charge is 0.393 e. The first-order chi connectivity index (χ1) is 6.81. The van der Waals surface area contributed by atoms with Gasteiger partial charge in [-0.25, -0.2) is 0 Å². The highest BCUT2D eigenvalue weighted by Gasteiger charge is 2.12. The highest BCUT2D eigenvalue weighted by Crippen LogP contribution is 1.97. The van der Waals surface area contributed by atoms with E-state index in [0.717, 1.165) is 19.4 Å². The lowest BCUT2D eigenvalue weighted by molar-refractivity contribution is -0.121. The fourth-order valence-electron chi connectivity index (χ4n) is 1.19. The lowest BCUT2D eigenvalue weighted by atomic mass is 10.1. The van der Waals surface area contributed by atoms with Crippen molar-refractivity contribution < 1.29 is 9.90 Å². The summed E-state index contributed by atoms with van der Waals surface area (Å²) < 4.78 is 0. The van der Waals surface area contributed by atoms with Crippen LogP contribution in [0.4, 0.5) is 0 Å². The summed E-state index contributed by atoms with van der Waals surface area (Å²) in [5.41, 5.74) is -0.168. The molecule has 1 atom stereocenters. The first kappa shape index (κ1) is 14.4. The van der Waals surface area contributed by atoms with Gasteiger partial charge >= 0.3 is 0 Å². The van der Waals surface area contributed by atoms with E-state index >= 15 is 0 Å². The van der Waals surface area contributed by atoms with E-state index in [9.17, 15) is 4.79 Å². The molecule has 0 heterocycles. The van der Waals surface area contributed by atoms with E-state index < -0.39 is 0 Å². The van der Waals surface area contributed by atoms with E-state index in [0.29, 0.717) is 6.54 Å². The molecule has 3 N–H and O–H groups in total. The molecule has 0 radical (unpaired) electrons. The molecule has 0 rings (SSSR count). The van der Waals surface area contributed by atoms with Gasteiger partial charge in [0.1, 0.15) is 0 Å². The van der Waals surface area contributed by atoms with Crippen molar-refractivity contribution in [2.24, 2.45) is 0 Å². The Balaban J connectivity index is 3.40. The second kappa shape index (κ2) is 6.80. The van der Waals surface area contributed by atoms with Crippen LogP contribution in [0.2, 0.25) is 0 Å². The van der Waals surface area contributed by atoms with Crippen LogP contribution in [-0.4, -0.2) is 35.7 Å². The van der Waals surface area contributed by atoms with E-state index in [1.807, 2.05) is 20.8 Å². The average Bonchev–Trinajstić information content (AvgIpc) is 1.99. The van der Waals surface area contributed by atoms with Gasteiger partial charge in [-0.1, -0.05) is 0 Å². The van der Waals surface area contributed by atoms with Crippen LogP contribution in [0.3, 0.4) is 0 Å². The van der Waals surface area contributed by atoms with Gasteiger partial charge in [-0.05, 0) is 47.1 Å². The Labute approximate surface area is 92.4 Å². The van der Waals surface area contributed by atoms with Crippen molar-refractivity contribution in [3.05, 3.63) is 0 Å². The van der Waals surface area contributed by atoms with E-state index in [2.05, 4.69) is 10.6 Å². The number of carbonyl (C=O) groups excluding carboxylic acids is 1. The van der Waals surface area contributed by atoms with Crippen LogP contribution < -0.4 is 10.6 Å². The Kier molecular flexibility index (Phi) is 6.52. The molecule has 0 spiro atoms. The zero-order valence-electron chi connectivity index (χ0n) is 10.3. The Hall–Kier alpha value is -0.610. The summed E-state index contributed by atoms with van der Waals surface area (Å²) in [5.74, 6) is 0.0135. The van der Waals surface area contributed by atoms with Gasteiger partial charge in [-0.3, -0.25) is 4.79 Å². The Morgan fingerprint density at radius 2 is 2.00 bits per heavy atom. The van der Waals surface area contributed by atoms with Crippen molar-refractivity contribution in [2.45, 2.75) is 52.2 Å². The molecule has 1 unspecified atom stereocenters. The van der Waals surface area contributed by atoms with Gasteiger partial charge in [-0.2, -0.15) is 0 Å². The lowest BCUT2D eigenvalue weighted by Crippen LogP contribution is -2.45. The molecular formula is C11H24N2O2. The first-order valence-electron chi connectivity index (χ1n) is 5.51. The second-order valence-electron chi connectivity index (χ2n) is 4.97. The summed E-state index contributed by atoms with van der Waals surface area (Å²) in [6.07, 6.45) is 1.41. The number of carbonyl (C=O) groups is 1. The summed E-state index contributed by atoms with van der Waals surface area (Å²) in [7, 11) is 0. The predicted molar refractivity (Wildman–Crippen MR) is 61.7 cm³/mol. The number of aliphatic hydroxyl groups excluding tert-OH is 1. The monoisotopic (exact) mass is 216 g/mol. The lowest BCUT2D eigenvalue weighted by Gasteiger charge is -2.20. The van der Waals surface area contributed by atoms with E-state index in [1.54, 1.807) is 6.92 Å². The zero-order valence-corrected chi connectivity index (χ0v) is 10.3. The van der Waals surface area contributed by atoms with Crippen LogP contribution >= 0.6 is 0 Å². The minimum Gasteiger partial charge on any atom is -0.393 e. The van der Waals surface area contributed by atoms with Crippen molar-refractivity contribution in [3.63, 3.8) is 0 Å². The molecule has 15 heavy (non-hydrogen) atoms. The Morgan fingerprint density at radius 1 is 1.40 bits per heavy atom. The van der Waals surface area contributed by atoms with Crippen LogP contribution in [0.5, 0.6) is 0 Å². The molecule has 0 aliphatic carbocycles. The van der Waals surface area contributed by atoms with Gasteiger partial charge in [0.25, 0.3) is 0 Å². The molecule has 0 aromatic rings. The molecule has 0 aliphatic heterocycles. The average molecular weight is 216 g/mol. The molecule has 0 aromatic carbocycles. The third kappa shape index (κ3) is 11.3. The highest BCUT2D eigenvalue weighted by atomic mass is 16.3. The SMILES string of the molecule is CC(O)CCCNCC(=O)NC(C)(C)C. The number of hydrogen-bond acceptors (Lipinski definition) is 3. The normalized spacial score (nSPS) is 13.7. The smallest absolute Gasteiger partial charge is 0.234 e. The molecule has 4 heteroatoms. The van der Waals surface area contributed by atoms with Crippen molar-refractivity contribution in [2.75, 3.05) is 13.1 Å². The van der Waals surface area contributed by atoms with Crippen molar-refractivity contribution >= 4 is 5.91 Å². The zero-order chi connectivity index (χ0) is 11.9. The van der Waals surface area contributed by atoms with Gasteiger partial charge in [0.05, 0.1) is 12.6 Å². The summed E-state index contributed by atoms with van der Waals surface area (Å²) in [4.78, 5) is 11.3. The summed E-state index contributed by atoms with van der Waals surface area (Å²) in [6.45, 7) is 8.75. The van der Waals surface area contributed by atoms with Crippen LogP contribution in [0.1, 0.15) is 40.5 Å². The molecule has 0 bridgehead atoms. The van der Waals surface area contributed by atoms with E-state index in [-0.39, 0.29) is 17.6 Å². The molecule has 0 saturated heterocycles. The van der Waals surface area contributed by atoms with Crippen molar-refractivity contribution in [1.29, 1.82) is 0 Å². The van der Waals surface area contributed by atoms with Gasteiger partial charge in [0, 0.05) is 5.54 Å². The fraction of sp³-hybridized carbons (Fsp3) is 0.909. The molecule has 0 saturated carbocycles. The third-order valence-electron chi connectivity index (χ3n) is 1.78. The predicted octanol–water partition coefficient (Wildman–Crippen LogP) is 0.652. The van der Waals surface area contributed by atoms with Gasteiger partial charge < -0.3 is 15.7 Å². The quantitative estimate of drug-likeness (QED) is 0.571. The Bertz CT molecular complexity index is 186. The summed E-state index contributed by atoms with van der Waals surface area (Å²) in [5, 5.41) is 14.9. The maximum atomic E-state index is 11.3. The molecule has 0 aromatic heterocycles. The number of amides is 1. The molecular weight excluding hydrogens is 192 g/mol. The molecule has 1 amide bonds. The maximum Gasteiger partial charge on any atom is 0.234 e. The van der Waals surface area contributed by atoms with Crippen LogP contribution in [0, 0.1) is 0 Å². The van der Waals surface area contributed by atoms with Gasteiger partial charge in [0.15, 0.2) is 0 Å². The minimum absolute atomic E-state index is 0.0135. The molecule has 0 aliphatic rings. The minimum atomic E-state index is -0.254. The first-order valence-corrected chi connectivity index (χ1v) is 5.51. The van der Waals surface area contributed by atoms with Crippen molar-refractivity contribution in [3.8, 4) is 0 Å². The second-order valence-corrected chi connectivity index (χ2v) is 4.97. The number of rotatable bonds is 6.